The van der Waals surface area contributed by atoms with Crippen LogP contribution in [0, 0.1) is 6.07 Å². The van der Waals surface area contributed by atoms with Crippen molar-refractivity contribution in [1.82, 2.24) is 0 Å². The van der Waals surface area contributed by atoms with Gasteiger partial charge in [-0.05, 0) is 5.41 Å². The summed E-state index contributed by atoms with van der Waals surface area (Å²) in [5.74, 6) is 0. The van der Waals surface area contributed by atoms with Gasteiger partial charge in [-0.2, -0.15) is 5.38 Å². The van der Waals surface area contributed by atoms with Crippen molar-refractivity contribution in [2.45, 2.75) is 26.2 Å². The molecular weight excluding hydrogens is 217 g/mol. The Bertz CT molecular complexity index is 172. The first-order valence-corrected chi connectivity index (χ1v) is 3.99. The number of hydrogen-bond donors (Lipinski definition) is 0. The summed E-state index contributed by atoms with van der Waals surface area (Å²) in [6, 6.07) is 3.20. The van der Waals surface area contributed by atoms with E-state index in [9.17, 15) is 0 Å². The van der Waals surface area contributed by atoms with Crippen LogP contribution in [0.2, 0.25) is 0 Å². The maximum absolute atomic E-state index is 3.20. The monoisotopic (exact) mass is 228 g/mol. The van der Waals surface area contributed by atoms with Gasteiger partial charge in [0.15, 0.2) is 0 Å². The molecule has 0 spiro atoms. The predicted molar refractivity (Wildman–Crippen MR) is 41.9 cm³/mol. The molecule has 1 rings (SSSR count). The van der Waals surface area contributed by atoms with Gasteiger partial charge in [-0.25, -0.2) is 11.6 Å². The van der Waals surface area contributed by atoms with Crippen LogP contribution in [0.4, 0.5) is 0 Å². The average Bonchev–Trinajstić information content (AvgIpc) is 2.08. The molecule has 0 aliphatic heterocycles. The second kappa shape index (κ2) is 3.99. The van der Waals surface area contributed by atoms with E-state index < -0.39 is 0 Å². The van der Waals surface area contributed by atoms with Crippen LogP contribution in [0.25, 0.3) is 0 Å². The SMILES string of the molecule is CC(C)(C)c1[c-]csc1.[Y]. The Morgan fingerprint density at radius 3 is 2.20 bits per heavy atom. The molecule has 0 saturated carbocycles. The van der Waals surface area contributed by atoms with Crippen molar-refractivity contribution in [3.63, 3.8) is 0 Å². The maximum Gasteiger partial charge on any atom is 0 e. The molecule has 0 nitrogen and oxygen atoms in total. The van der Waals surface area contributed by atoms with Crippen LogP contribution in [0.5, 0.6) is 0 Å². The van der Waals surface area contributed by atoms with E-state index in [2.05, 4.69) is 32.2 Å². The van der Waals surface area contributed by atoms with Gasteiger partial charge in [0.1, 0.15) is 0 Å². The smallest absolute Gasteiger partial charge is 0 e. The number of rotatable bonds is 0. The fourth-order valence-electron chi connectivity index (χ4n) is 0.627. The van der Waals surface area contributed by atoms with Gasteiger partial charge in [0, 0.05) is 32.7 Å². The minimum atomic E-state index is 0. The molecule has 0 fully saturated rings. The normalized spacial score (nSPS) is 10.7. The van der Waals surface area contributed by atoms with Crippen LogP contribution in [0.15, 0.2) is 10.8 Å². The Morgan fingerprint density at radius 2 is 2.00 bits per heavy atom. The Balaban J connectivity index is 0.000000810. The fourth-order valence-corrected chi connectivity index (χ4v) is 1.45. The molecule has 1 aromatic rings. The molecule has 0 aromatic carbocycles. The van der Waals surface area contributed by atoms with Crippen LogP contribution >= 0.6 is 11.3 Å². The standard InChI is InChI=1S/C8H11S.Y/c1-8(2,3)7-4-5-9-6-7;/h5-6H,1-3H3;/q-1;. The Kier molecular flexibility index (Phi) is 4.31. The summed E-state index contributed by atoms with van der Waals surface area (Å²) in [7, 11) is 0. The summed E-state index contributed by atoms with van der Waals surface area (Å²) < 4.78 is 0. The Hall–Kier alpha value is 0.804. The predicted octanol–water partition coefficient (Wildman–Crippen LogP) is 2.84. The van der Waals surface area contributed by atoms with Gasteiger partial charge in [-0.3, -0.25) is 11.3 Å². The van der Waals surface area contributed by atoms with Gasteiger partial charge in [0.05, 0.1) is 0 Å². The first-order valence-electron chi connectivity index (χ1n) is 3.05. The molecule has 1 heterocycles. The van der Waals surface area contributed by atoms with Crippen molar-refractivity contribution < 1.29 is 32.7 Å². The van der Waals surface area contributed by atoms with Crippen LogP contribution in [-0.4, -0.2) is 0 Å². The Morgan fingerprint density at radius 1 is 1.40 bits per heavy atom. The molecule has 0 aliphatic rings. The number of thiophene rings is 1. The molecular formula is C8H11SY-. The first kappa shape index (κ1) is 10.8. The zero-order valence-electron chi connectivity index (χ0n) is 6.64. The molecule has 0 saturated heterocycles. The van der Waals surface area contributed by atoms with E-state index in [1.54, 1.807) is 11.3 Å². The second-order valence-electron chi connectivity index (χ2n) is 3.18. The molecule has 0 amide bonds. The first-order chi connectivity index (χ1) is 4.11. The van der Waals surface area contributed by atoms with Crippen LogP contribution in [0.1, 0.15) is 26.3 Å². The summed E-state index contributed by atoms with van der Waals surface area (Å²) in [6.45, 7) is 6.60. The quantitative estimate of drug-likeness (QED) is 0.599. The molecule has 0 unspecified atom stereocenters. The van der Waals surface area contributed by atoms with Crippen LogP contribution < -0.4 is 0 Å². The van der Waals surface area contributed by atoms with E-state index in [0.29, 0.717) is 0 Å². The van der Waals surface area contributed by atoms with Crippen molar-refractivity contribution in [1.29, 1.82) is 0 Å². The molecule has 2 heteroatoms. The number of hydrogen-bond acceptors (Lipinski definition) is 1. The summed E-state index contributed by atoms with van der Waals surface area (Å²) >= 11 is 1.71. The van der Waals surface area contributed by atoms with Gasteiger partial charge in [0.25, 0.3) is 0 Å². The summed E-state index contributed by atoms with van der Waals surface area (Å²) in [5.41, 5.74) is 1.59. The molecule has 53 valence electrons. The largest absolute Gasteiger partial charge is 0.273 e. The Labute approximate surface area is 91.9 Å². The van der Waals surface area contributed by atoms with Crippen molar-refractivity contribution in [2.75, 3.05) is 0 Å². The van der Waals surface area contributed by atoms with Crippen molar-refractivity contribution in [2.24, 2.45) is 0 Å². The van der Waals surface area contributed by atoms with Gasteiger partial charge >= 0.3 is 0 Å². The van der Waals surface area contributed by atoms with E-state index >= 15 is 0 Å². The topological polar surface area (TPSA) is 0 Å². The third kappa shape index (κ3) is 2.81. The molecule has 0 bridgehead atoms. The summed E-state index contributed by atoms with van der Waals surface area (Å²) in [5, 5.41) is 4.15. The van der Waals surface area contributed by atoms with E-state index in [1.807, 2.05) is 5.38 Å². The van der Waals surface area contributed by atoms with Gasteiger partial charge in [-0.15, -0.1) is 5.38 Å². The van der Waals surface area contributed by atoms with Gasteiger partial charge < -0.3 is 0 Å². The fraction of sp³-hybridized carbons (Fsp3) is 0.500. The summed E-state index contributed by atoms with van der Waals surface area (Å²) in [4.78, 5) is 0. The molecule has 0 aliphatic carbocycles. The zero-order chi connectivity index (χ0) is 6.91. The average molecular weight is 228 g/mol. The van der Waals surface area contributed by atoms with Crippen molar-refractivity contribution in [3.05, 3.63) is 22.4 Å². The van der Waals surface area contributed by atoms with Gasteiger partial charge in [0.2, 0.25) is 0 Å². The van der Waals surface area contributed by atoms with Crippen LogP contribution in [0.3, 0.4) is 0 Å². The third-order valence-corrected chi connectivity index (χ3v) is 1.90. The van der Waals surface area contributed by atoms with E-state index in [0.717, 1.165) is 0 Å². The summed E-state index contributed by atoms with van der Waals surface area (Å²) in [6.07, 6.45) is 0. The van der Waals surface area contributed by atoms with Crippen molar-refractivity contribution >= 4 is 11.3 Å². The molecule has 1 aromatic heterocycles. The van der Waals surface area contributed by atoms with Crippen molar-refractivity contribution in [3.8, 4) is 0 Å². The van der Waals surface area contributed by atoms with Gasteiger partial charge in [-0.1, -0.05) is 20.8 Å². The minimum Gasteiger partial charge on any atom is -0.273 e. The molecule has 10 heavy (non-hydrogen) atoms. The second-order valence-corrected chi connectivity index (χ2v) is 3.92. The van der Waals surface area contributed by atoms with E-state index in [-0.39, 0.29) is 38.1 Å². The minimum absolute atomic E-state index is 0. The van der Waals surface area contributed by atoms with E-state index in [1.165, 1.54) is 5.56 Å². The van der Waals surface area contributed by atoms with Crippen LogP contribution in [-0.2, 0) is 38.1 Å². The molecule has 0 N–H and O–H groups in total. The molecule has 0 atom stereocenters. The zero-order valence-corrected chi connectivity index (χ0v) is 10.3. The van der Waals surface area contributed by atoms with E-state index in [4.69, 9.17) is 0 Å². The molecule has 1 radical (unpaired) electrons. The maximum atomic E-state index is 3.20. The third-order valence-electron chi connectivity index (χ3n) is 1.28.